The number of nitrogens with zero attached hydrogens (tertiary/aromatic N) is 1. The second-order valence-electron chi connectivity index (χ2n) is 7.15. The Kier molecular flexibility index (Phi) is 6.48. The highest BCUT2D eigenvalue weighted by Crippen LogP contribution is 2.30. The number of carbonyl (C=O) groups is 3. The topological polar surface area (TPSA) is 88.9 Å². The summed E-state index contributed by atoms with van der Waals surface area (Å²) in [6, 6.07) is 14.6. The first kappa shape index (κ1) is 21.9. The number of rotatable bonds is 5. The number of esters is 1. The SMILES string of the molecule is O=C(COC(=O)[C@@H]1Cc2ccccc2CN1C(=O)c1ccco1)Nc1c(Cl)cccc1Cl. The number of anilines is 1. The van der Waals surface area contributed by atoms with Crippen LogP contribution in [0.2, 0.25) is 10.0 Å². The zero-order chi connectivity index (χ0) is 22.7. The van der Waals surface area contributed by atoms with Crippen LogP contribution in [0.5, 0.6) is 0 Å². The van der Waals surface area contributed by atoms with Crippen LogP contribution in [0.4, 0.5) is 5.69 Å². The first-order chi connectivity index (χ1) is 15.4. The van der Waals surface area contributed by atoms with Crippen molar-refractivity contribution in [3.05, 3.63) is 87.8 Å². The van der Waals surface area contributed by atoms with Gasteiger partial charge in [-0.1, -0.05) is 53.5 Å². The standard InChI is InChI=1S/C23H18Cl2N2O5/c24-16-7-3-8-17(25)21(16)26-20(28)13-32-23(30)18-11-14-5-1-2-6-15(14)12-27(18)22(29)19-9-4-10-31-19/h1-10,18H,11-13H2,(H,26,28)/t18-/m0/s1. The number of para-hydroxylation sites is 1. The molecule has 1 N–H and O–H groups in total. The van der Waals surface area contributed by atoms with E-state index in [-0.39, 0.29) is 34.5 Å². The van der Waals surface area contributed by atoms with Crippen molar-refractivity contribution in [2.24, 2.45) is 0 Å². The molecule has 9 heteroatoms. The monoisotopic (exact) mass is 472 g/mol. The molecule has 0 aliphatic carbocycles. The van der Waals surface area contributed by atoms with Gasteiger partial charge in [0.25, 0.3) is 11.8 Å². The summed E-state index contributed by atoms with van der Waals surface area (Å²) in [7, 11) is 0. The average molecular weight is 473 g/mol. The van der Waals surface area contributed by atoms with Crippen molar-refractivity contribution < 1.29 is 23.5 Å². The molecular formula is C23H18Cl2N2O5. The quantitative estimate of drug-likeness (QED) is 0.558. The van der Waals surface area contributed by atoms with E-state index < -0.39 is 30.4 Å². The van der Waals surface area contributed by atoms with Crippen LogP contribution in [0.3, 0.4) is 0 Å². The molecule has 0 saturated heterocycles. The molecule has 2 amide bonds. The number of benzene rings is 2. The molecule has 7 nitrogen and oxygen atoms in total. The molecule has 32 heavy (non-hydrogen) atoms. The summed E-state index contributed by atoms with van der Waals surface area (Å²) in [4.78, 5) is 39.6. The highest BCUT2D eigenvalue weighted by molar-refractivity contribution is 6.39. The van der Waals surface area contributed by atoms with E-state index in [9.17, 15) is 14.4 Å². The molecule has 4 rings (SSSR count). The minimum atomic E-state index is -0.904. The number of fused-ring (bicyclic) bond motifs is 1. The summed E-state index contributed by atoms with van der Waals surface area (Å²) in [6.07, 6.45) is 1.65. The lowest BCUT2D eigenvalue weighted by Gasteiger charge is -2.34. The Bertz CT molecular complexity index is 1140. The zero-order valence-electron chi connectivity index (χ0n) is 16.7. The summed E-state index contributed by atoms with van der Waals surface area (Å²) in [6.45, 7) is -0.335. The van der Waals surface area contributed by atoms with Gasteiger partial charge in [-0.15, -0.1) is 0 Å². The summed E-state index contributed by atoms with van der Waals surface area (Å²) in [5.41, 5.74) is 2.10. The van der Waals surface area contributed by atoms with Crippen LogP contribution in [-0.4, -0.2) is 35.3 Å². The Morgan fingerprint density at radius 1 is 1.00 bits per heavy atom. The summed E-state index contributed by atoms with van der Waals surface area (Å²) >= 11 is 12.1. The van der Waals surface area contributed by atoms with Gasteiger partial charge >= 0.3 is 5.97 Å². The van der Waals surface area contributed by atoms with E-state index in [2.05, 4.69) is 5.32 Å². The van der Waals surface area contributed by atoms with Gasteiger partial charge in [0.15, 0.2) is 12.4 Å². The second kappa shape index (κ2) is 9.46. The van der Waals surface area contributed by atoms with E-state index in [0.717, 1.165) is 11.1 Å². The Morgan fingerprint density at radius 2 is 1.72 bits per heavy atom. The Labute approximate surface area is 193 Å². The molecule has 0 spiro atoms. The van der Waals surface area contributed by atoms with Gasteiger partial charge in [-0.2, -0.15) is 0 Å². The third kappa shape index (κ3) is 4.64. The maximum Gasteiger partial charge on any atom is 0.329 e. The van der Waals surface area contributed by atoms with Gasteiger partial charge in [0.1, 0.15) is 6.04 Å². The Morgan fingerprint density at radius 3 is 2.41 bits per heavy atom. The fourth-order valence-electron chi connectivity index (χ4n) is 3.51. The number of hydrogen-bond donors (Lipinski definition) is 1. The third-order valence-corrected chi connectivity index (χ3v) is 5.72. The molecule has 0 radical (unpaired) electrons. The second-order valence-corrected chi connectivity index (χ2v) is 7.97. The molecule has 0 saturated carbocycles. The molecule has 2 aromatic carbocycles. The number of amides is 2. The largest absolute Gasteiger partial charge is 0.459 e. The lowest BCUT2D eigenvalue weighted by molar-refractivity contribution is -0.152. The van der Waals surface area contributed by atoms with Crippen molar-refractivity contribution in [2.75, 3.05) is 11.9 Å². The Balaban J connectivity index is 1.47. The fourth-order valence-corrected chi connectivity index (χ4v) is 4.01. The normalized spacial score (nSPS) is 15.1. The highest BCUT2D eigenvalue weighted by Gasteiger charge is 2.37. The van der Waals surface area contributed by atoms with E-state index in [1.807, 2.05) is 24.3 Å². The van der Waals surface area contributed by atoms with Crippen molar-refractivity contribution >= 4 is 46.7 Å². The number of hydrogen-bond acceptors (Lipinski definition) is 5. The van der Waals surface area contributed by atoms with Crippen molar-refractivity contribution in [1.82, 2.24) is 4.90 Å². The molecule has 1 aromatic heterocycles. The van der Waals surface area contributed by atoms with Crippen LogP contribution in [0.25, 0.3) is 0 Å². The first-order valence-electron chi connectivity index (χ1n) is 9.76. The van der Waals surface area contributed by atoms with Crippen molar-refractivity contribution in [3.63, 3.8) is 0 Å². The third-order valence-electron chi connectivity index (χ3n) is 5.09. The van der Waals surface area contributed by atoms with Gasteiger partial charge in [-0.3, -0.25) is 9.59 Å². The van der Waals surface area contributed by atoms with Gasteiger partial charge in [0.2, 0.25) is 0 Å². The first-order valence-corrected chi connectivity index (χ1v) is 10.5. The number of nitrogens with one attached hydrogen (secondary N) is 1. The zero-order valence-corrected chi connectivity index (χ0v) is 18.2. The minimum absolute atomic E-state index is 0.119. The molecule has 164 valence electrons. The molecule has 3 aromatic rings. The maximum absolute atomic E-state index is 13.0. The molecular weight excluding hydrogens is 455 g/mol. The van der Waals surface area contributed by atoms with E-state index in [1.54, 1.807) is 24.3 Å². The van der Waals surface area contributed by atoms with Crippen LogP contribution >= 0.6 is 23.2 Å². The number of halogens is 2. The van der Waals surface area contributed by atoms with Crippen LogP contribution < -0.4 is 5.32 Å². The minimum Gasteiger partial charge on any atom is -0.459 e. The maximum atomic E-state index is 13.0. The van der Waals surface area contributed by atoms with Gasteiger partial charge < -0.3 is 19.4 Å². The van der Waals surface area contributed by atoms with Crippen molar-refractivity contribution in [2.45, 2.75) is 19.0 Å². The Hall–Kier alpha value is -3.29. The molecule has 0 unspecified atom stereocenters. The lowest BCUT2D eigenvalue weighted by atomic mass is 9.93. The van der Waals surface area contributed by atoms with Crippen molar-refractivity contribution in [3.8, 4) is 0 Å². The summed E-state index contributed by atoms with van der Waals surface area (Å²) < 4.78 is 10.5. The molecule has 0 fully saturated rings. The van der Waals surface area contributed by atoms with E-state index in [0.29, 0.717) is 0 Å². The van der Waals surface area contributed by atoms with E-state index in [4.69, 9.17) is 32.4 Å². The van der Waals surface area contributed by atoms with Gasteiger partial charge in [0.05, 0.1) is 22.0 Å². The van der Waals surface area contributed by atoms with Crippen LogP contribution in [0.1, 0.15) is 21.7 Å². The summed E-state index contributed by atoms with van der Waals surface area (Å²) in [5, 5.41) is 3.05. The van der Waals surface area contributed by atoms with Crippen LogP contribution in [0, 0.1) is 0 Å². The van der Waals surface area contributed by atoms with Gasteiger partial charge in [-0.05, 0) is 35.4 Å². The lowest BCUT2D eigenvalue weighted by Crippen LogP contribution is -2.49. The van der Waals surface area contributed by atoms with Crippen LogP contribution in [0.15, 0.2) is 65.3 Å². The molecule has 1 aliphatic heterocycles. The number of carbonyl (C=O) groups excluding carboxylic acids is 3. The number of furan rings is 1. The van der Waals surface area contributed by atoms with Gasteiger partial charge in [-0.25, -0.2) is 4.79 Å². The van der Waals surface area contributed by atoms with Gasteiger partial charge in [0, 0.05) is 13.0 Å². The molecule has 2 heterocycles. The predicted octanol–water partition coefficient (Wildman–Crippen LogP) is 4.34. The fraction of sp³-hybridized carbons (Fsp3) is 0.174. The average Bonchev–Trinajstić information content (AvgIpc) is 3.33. The number of ether oxygens (including phenoxy) is 1. The predicted molar refractivity (Wildman–Crippen MR) is 119 cm³/mol. The molecule has 1 aliphatic rings. The smallest absolute Gasteiger partial charge is 0.329 e. The molecule has 1 atom stereocenters. The summed E-state index contributed by atoms with van der Waals surface area (Å²) in [5.74, 6) is -1.61. The van der Waals surface area contributed by atoms with Crippen LogP contribution in [-0.2, 0) is 27.3 Å². The van der Waals surface area contributed by atoms with E-state index >= 15 is 0 Å². The van der Waals surface area contributed by atoms with Crippen molar-refractivity contribution in [1.29, 1.82) is 0 Å². The molecule has 0 bridgehead atoms. The highest BCUT2D eigenvalue weighted by atomic mass is 35.5. The van der Waals surface area contributed by atoms with E-state index in [1.165, 1.54) is 17.2 Å².